The Morgan fingerprint density at radius 2 is 2.14 bits per heavy atom. The van der Waals surface area contributed by atoms with Gasteiger partial charge >= 0.3 is 0 Å². The highest BCUT2D eigenvalue weighted by Gasteiger charge is 2.24. The van der Waals surface area contributed by atoms with Crippen LogP contribution in [0.25, 0.3) is 0 Å². The van der Waals surface area contributed by atoms with Gasteiger partial charge in [-0.25, -0.2) is 0 Å². The molecule has 40 valence electrons. The Labute approximate surface area is 42.9 Å². The topological polar surface area (TPSA) is 32.6 Å². The van der Waals surface area contributed by atoms with Gasteiger partial charge in [-0.3, -0.25) is 4.99 Å². The molecule has 1 aliphatic carbocycles. The zero-order valence-corrected chi connectivity index (χ0v) is 4.17. The van der Waals surface area contributed by atoms with E-state index in [9.17, 15) is 0 Å². The van der Waals surface area contributed by atoms with Crippen molar-refractivity contribution in [1.82, 2.24) is 0 Å². The van der Waals surface area contributed by atoms with Crippen LogP contribution in [-0.4, -0.2) is 24.0 Å². The number of aliphatic hydroxyl groups is 1. The molecule has 1 fully saturated rings. The van der Waals surface area contributed by atoms with Crippen LogP contribution < -0.4 is 0 Å². The van der Waals surface area contributed by atoms with Crippen molar-refractivity contribution in [3.8, 4) is 0 Å². The van der Waals surface area contributed by atoms with Crippen LogP contribution in [0.1, 0.15) is 12.8 Å². The summed E-state index contributed by atoms with van der Waals surface area (Å²) in [6.45, 7) is 3.36. The predicted molar refractivity (Wildman–Crippen MR) is 28.6 cm³/mol. The zero-order valence-electron chi connectivity index (χ0n) is 4.17. The van der Waals surface area contributed by atoms with Crippen LogP contribution in [0.2, 0.25) is 0 Å². The normalized spacial score (nSPS) is 39.6. The average Bonchev–Trinajstić information content (AvgIpc) is 1.58. The van der Waals surface area contributed by atoms with Crippen molar-refractivity contribution < 1.29 is 5.11 Å². The molecule has 0 atom stereocenters. The molecule has 1 aliphatic rings. The van der Waals surface area contributed by atoms with Gasteiger partial charge in [0.15, 0.2) is 0 Å². The number of aliphatic hydroxyl groups excluding tert-OH is 1. The molecule has 0 bridgehead atoms. The fraction of sp³-hybridized carbons (Fsp3) is 0.800. The van der Waals surface area contributed by atoms with Gasteiger partial charge in [0.25, 0.3) is 0 Å². The number of hydrogen-bond acceptors (Lipinski definition) is 2. The van der Waals surface area contributed by atoms with Gasteiger partial charge in [0.2, 0.25) is 0 Å². The molecule has 1 N–H and O–H groups in total. The lowest BCUT2D eigenvalue weighted by Crippen LogP contribution is -2.31. The van der Waals surface area contributed by atoms with E-state index < -0.39 is 0 Å². The van der Waals surface area contributed by atoms with Crippen molar-refractivity contribution in [2.45, 2.75) is 25.0 Å². The third kappa shape index (κ3) is 0.800. The molecule has 1 rings (SSSR count). The Kier molecular flexibility index (Phi) is 1.11. The second-order valence-corrected chi connectivity index (χ2v) is 1.96. The molecule has 0 aromatic heterocycles. The molecule has 0 aliphatic heterocycles. The molecule has 0 amide bonds. The van der Waals surface area contributed by atoms with Crippen molar-refractivity contribution in [2.24, 2.45) is 4.99 Å². The minimum absolute atomic E-state index is 0.0875. The lowest BCUT2D eigenvalue weighted by molar-refractivity contribution is 0.0781. The minimum atomic E-state index is -0.0875. The summed E-state index contributed by atoms with van der Waals surface area (Å²) in [5, 5.41) is 8.66. The lowest BCUT2D eigenvalue weighted by atomic mass is 9.90. The Morgan fingerprint density at radius 1 is 1.57 bits per heavy atom. The van der Waals surface area contributed by atoms with E-state index in [1.54, 1.807) is 0 Å². The highest BCUT2D eigenvalue weighted by molar-refractivity contribution is 5.24. The summed E-state index contributed by atoms with van der Waals surface area (Å²) in [5.41, 5.74) is 0. The van der Waals surface area contributed by atoms with E-state index in [4.69, 9.17) is 5.11 Å². The molecule has 0 saturated heterocycles. The Balaban J connectivity index is 2.17. The second-order valence-electron chi connectivity index (χ2n) is 1.96. The monoisotopic (exact) mass is 99.1 g/mol. The first-order valence-electron chi connectivity index (χ1n) is 2.47. The van der Waals surface area contributed by atoms with Crippen molar-refractivity contribution in [1.29, 1.82) is 0 Å². The van der Waals surface area contributed by atoms with Crippen molar-refractivity contribution in [3.63, 3.8) is 0 Å². The Bertz CT molecular complexity index is 76.1. The van der Waals surface area contributed by atoms with Gasteiger partial charge in [-0.05, 0) is 19.6 Å². The molecule has 2 heteroatoms. The maximum atomic E-state index is 8.66. The number of nitrogens with zero attached hydrogens (tertiary/aromatic N) is 1. The van der Waals surface area contributed by atoms with E-state index in [1.807, 2.05) is 0 Å². The van der Waals surface area contributed by atoms with E-state index in [2.05, 4.69) is 11.7 Å². The number of hydrogen-bond donors (Lipinski definition) is 1. The fourth-order valence-electron chi connectivity index (χ4n) is 0.708. The standard InChI is InChI=1S/C5H9NO/c1-6-4-2-5(7)3-4/h4-5,7H,1-3H2/t4-,5+. The summed E-state index contributed by atoms with van der Waals surface area (Å²) >= 11 is 0. The summed E-state index contributed by atoms with van der Waals surface area (Å²) < 4.78 is 0. The van der Waals surface area contributed by atoms with E-state index >= 15 is 0 Å². The average molecular weight is 99.1 g/mol. The third-order valence-electron chi connectivity index (χ3n) is 1.35. The van der Waals surface area contributed by atoms with E-state index in [0.717, 1.165) is 12.8 Å². The van der Waals surface area contributed by atoms with E-state index in [1.165, 1.54) is 0 Å². The summed E-state index contributed by atoms with van der Waals surface area (Å²) in [6, 6.07) is 0.356. The third-order valence-corrected chi connectivity index (χ3v) is 1.35. The van der Waals surface area contributed by atoms with Crippen molar-refractivity contribution >= 4 is 6.72 Å². The van der Waals surface area contributed by atoms with E-state index in [0.29, 0.717) is 6.04 Å². The Hall–Kier alpha value is -0.370. The minimum Gasteiger partial charge on any atom is -0.393 e. The smallest absolute Gasteiger partial charge is 0.0581 e. The van der Waals surface area contributed by atoms with Gasteiger partial charge in [-0.15, -0.1) is 0 Å². The molecule has 0 spiro atoms. The summed E-state index contributed by atoms with van der Waals surface area (Å²) in [7, 11) is 0. The maximum absolute atomic E-state index is 8.66. The lowest BCUT2D eigenvalue weighted by Gasteiger charge is -2.26. The van der Waals surface area contributed by atoms with Crippen LogP contribution in [-0.2, 0) is 0 Å². The molecule has 0 radical (unpaired) electrons. The maximum Gasteiger partial charge on any atom is 0.0581 e. The van der Waals surface area contributed by atoms with E-state index in [-0.39, 0.29) is 6.10 Å². The van der Waals surface area contributed by atoms with Crippen LogP contribution in [0.4, 0.5) is 0 Å². The summed E-state index contributed by atoms with van der Waals surface area (Å²) in [6.07, 6.45) is 1.56. The predicted octanol–water partition coefficient (Wildman–Crippen LogP) is 0.210. The van der Waals surface area contributed by atoms with Crippen LogP contribution in [0.5, 0.6) is 0 Å². The Morgan fingerprint density at radius 3 is 2.29 bits per heavy atom. The van der Waals surface area contributed by atoms with Crippen LogP contribution >= 0.6 is 0 Å². The fourth-order valence-corrected chi connectivity index (χ4v) is 0.708. The highest BCUT2D eigenvalue weighted by atomic mass is 16.3. The molecular weight excluding hydrogens is 90.1 g/mol. The summed E-state index contributed by atoms with van der Waals surface area (Å²) in [4.78, 5) is 3.73. The molecule has 1 saturated carbocycles. The first-order valence-corrected chi connectivity index (χ1v) is 2.47. The number of rotatable bonds is 1. The summed E-state index contributed by atoms with van der Waals surface area (Å²) in [5.74, 6) is 0. The van der Waals surface area contributed by atoms with Gasteiger partial charge in [-0.2, -0.15) is 0 Å². The van der Waals surface area contributed by atoms with Gasteiger partial charge in [0.05, 0.1) is 12.1 Å². The SMILES string of the molecule is C=N[C@H]1C[C@@H](O)C1. The van der Waals surface area contributed by atoms with Crippen LogP contribution in [0.3, 0.4) is 0 Å². The van der Waals surface area contributed by atoms with Gasteiger partial charge in [0.1, 0.15) is 0 Å². The van der Waals surface area contributed by atoms with Gasteiger partial charge in [0, 0.05) is 0 Å². The molecule has 0 aromatic rings. The molecule has 0 unspecified atom stereocenters. The van der Waals surface area contributed by atoms with Crippen LogP contribution in [0, 0.1) is 0 Å². The van der Waals surface area contributed by atoms with Crippen LogP contribution in [0.15, 0.2) is 4.99 Å². The molecule has 7 heavy (non-hydrogen) atoms. The first kappa shape index (κ1) is 4.78. The molecule has 0 heterocycles. The highest BCUT2D eigenvalue weighted by Crippen LogP contribution is 2.21. The van der Waals surface area contributed by atoms with Crippen molar-refractivity contribution in [3.05, 3.63) is 0 Å². The number of aliphatic imine (C=N–C) groups is 1. The largest absolute Gasteiger partial charge is 0.393 e. The first-order chi connectivity index (χ1) is 3.33. The molecular formula is C5H9NO. The quantitative estimate of drug-likeness (QED) is 0.468. The molecule has 0 aromatic carbocycles. The molecule has 2 nitrogen and oxygen atoms in total. The van der Waals surface area contributed by atoms with Gasteiger partial charge < -0.3 is 5.11 Å². The zero-order chi connectivity index (χ0) is 5.28. The van der Waals surface area contributed by atoms with Crippen molar-refractivity contribution in [2.75, 3.05) is 0 Å². The van der Waals surface area contributed by atoms with Gasteiger partial charge in [-0.1, -0.05) is 0 Å². The second kappa shape index (κ2) is 1.62.